The molecule has 0 unspecified atom stereocenters. The SMILES string of the molecule is CCN([C@H]1CCC2=Cc3[nH]ncc3C[C@]2(C(=O)c2cc(C(F)(F)F)ccn2)C1)S(=O)(=O)/C(C=N)=N/NC(F)F. The summed E-state index contributed by atoms with van der Waals surface area (Å²) in [6.45, 7) is -1.81. The van der Waals surface area contributed by atoms with Gasteiger partial charge in [-0.2, -0.15) is 36.5 Å². The maximum absolute atomic E-state index is 14.0. The third-order valence-corrected chi connectivity index (χ3v) is 8.86. The van der Waals surface area contributed by atoms with Gasteiger partial charge in [0.25, 0.3) is 10.0 Å². The largest absolute Gasteiger partial charge is 0.416 e. The molecule has 0 radical (unpaired) electrons. The molecule has 39 heavy (non-hydrogen) atoms. The second-order valence-corrected chi connectivity index (χ2v) is 11.0. The number of carbonyl (C=O) groups excluding carboxylic acids is 1. The Morgan fingerprint density at radius 2 is 2.15 bits per heavy atom. The monoisotopic (exact) mass is 573 g/mol. The number of sulfonamides is 1. The van der Waals surface area contributed by atoms with Gasteiger partial charge in [-0.3, -0.25) is 14.9 Å². The number of rotatable bonds is 8. The molecule has 2 aliphatic rings. The van der Waals surface area contributed by atoms with Crippen LogP contribution < -0.4 is 5.43 Å². The summed E-state index contributed by atoms with van der Waals surface area (Å²) in [6, 6.07) is 0.561. The summed E-state index contributed by atoms with van der Waals surface area (Å²) in [5, 5.41) is 16.4. The Balaban J connectivity index is 1.78. The third-order valence-electron chi connectivity index (χ3n) is 6.95. The van der Waals surface area contributed by atoms with Crippen molar-refractivity contribution in [3.8, 4) is 0 Å². The predicted octanol–water partition coefficient (Wildman–Crippen LogP) is 3.61. The molecule has 0 spiro atoms. The van der Waals surface area contributed by atoms with Gasteiger partial charge in [-0.25, -0.2) is 13.8 Å². The highest BCUT2D eigenvalue weighted by molar-refractivity contribution is 8.06. The van der Waals surface area contributed by atoms with Crippen LogP contribution in [0.3, 0.4) is 0 Å². The van der Waals surface area contributed by atoms with Crippen LogP contribution in [0.15, 0.2) is 35.2 Å². The van der Waals surface area contributed by atoms with E-state index in [-0.39, 0.29) is 32.2 Å². The number of carbonyl (C=O) groups is 1. The summed E-state index contributed by atoms with van der Waals surface area (Å²) in [5.74, 6) is -0.704. The maximum atomic E-state index is 14.0. The summed E-state index contributed by atoms with van der Waals surface area (Å²) in [7, 11) is -4.56. The highest BCUT2D eigenvalue weighted by Gasteiger charge is 2.51. The van der Waals surface area contributed by atoms with E-state index < -0.39 is 56.3 Å². The van der Waals surface area contributed by atoms with Crippen molar-refractivity contribution >= 4 is 33.1 Å². The lowest BCUT2D eigenvalue weighted by molar-refractivity contribution is -0.137. The van der Waals surface area contributed by atoms with Gasteiger partial charge in [-0.05, 0) is 49.5 Å². The molecular weight excluding hydrogens is 549 g/mol. The normalized spacial score (nSPS) is 21.8. The van der Waals surface area contributed by atoms with Crippen LogP contribution in [0, 0.1) is 10.8 Å². The summed E-state index contributed by atoms with van der Waals surface area (Å²) in [5.41, 5.74) is 0.265. The van der Waals surface area contributed by atoms with Gasteiger partial charge < -0.3 is 5.41 Å². The molecule has 3 N–H and O–H groups in total. The molecule has 4 rings (SSSR count). The molecule has 0 aromatic carbocycles. The highest BCUT2D eigenvalue weighted by Crippen LogP contribution is 2.51. The third kappa shape index (κ3) is 5.34. The van der Waals surface area contributed by atoms with Gasteiger partial charge in [0, 0.05) is 18.8 Å². The molecule has 10 nitrogen and oxygen atoms in total. The Kier molecular flexibility index (Phi) is 7.71. The fraction of sp³-hybridized carbons (Fsp3) is 0.435. The van der Waals surface area contributed by atoms with Gasteiger partial charge in [-0.15, -0.1) is 0 Å². The Morgan fingerprint density at radius 3 is 2.79 bits per heavy atom. The van der Waals surface area contributed by atoms with Gasteiger partial charge >= 0.3 is 12.7 Å². The van der Waals surface area contributed by atoms with E-state index >= 15 is 0 Å². The van der Waals surface area contributed by atoms with E-state index in [0.717, 1.165) is 16.6 Å². The zero-order valence-electron chi connectivity index (χ0n) is 20.5. The number of H-pyrrole nitrogens is 1. The van der Waals surface area contributed by atoms with Gasteiger partial charge in [-0.1, -0.05) is 12.5 Å². The number of nitrogens with zero attached hydrogens (tertiary/aromatic N) is 4. The van der Waals surface area contributed by atoms with Crippen LogP contribution in [-0.2, 0) is 22.6 Å². The fourth-order valence-electron chi connectivity index (χ4n) is 5.24. The van der Waals surface area contributed by atoms with Crippen molar-refractivity contribution in [1.29, 1.82) is 5.41 Å². The minimum Gasteiger partial charge on any atom is -0.306 e. The minimum atomic E-state index is -4.71. The molecule has 16 heteroatoms. The van der Waals surface area contributed by atoms with Crippen molar-refractivity contribution in [2.24, 2.45) is 10.5 Å². The predicted molar refractivity (Wildman–Crippen MR) is 131 cm³/mol. The van der Waals surface area contributed by atoms with E-state index in [1.165, 1.54) is 18.5 Å². The summed E-state index contributed by atoms with van der Waals surface area (Å²) < 4.78 is 93.1. The van der Waals surface area contributed by atoms with Crippen molar-refractivity contribution in [1.82, 2.24) is 24.9 Å². The van der Waals surface area contributed by atoms with Gasteiger partial charge in [0.15, 0.2) is 5.78 Å². The van der Waals surface area contributed by atoms with Crippen LogP contribution in [0.4, 0.5) is 22.0 Å². The van der Waals surface area contributed by atoms with Crippen molar-refractivity contribution in [3.05, 3.63) is 52.6 Å². The number of alkyl halides is 5. The quantitative estimate of drug-likeness (QED) is 0.110. The second-order valence-electron chi connectivity index (χ2n) is 9.12. The first-order valence-electron chi connectivity index (χ1n) is 11.8. The average Bonchev–Trinajstić information content (AvgIpc) is 3.33. The van der Waals surface area contributed by atoms with Crippen LogP contribution in [0.2, 0.25) is 0 Å². The lowest BCUT2D eigenvalue weighted by Crippen LogP contribution is -2.52. The van der Waals surface area contributed by atoms with Crippen LogP contribution in [0.25, 0.3) is 6.08 Å². The van der Waals surface area contributed by atoms with Crippen LogP contribution >= 0.6 is 0 Å². The standard InChI is InChI=1S/C23H24F5N7O3S/c1-2-35(39(37,38)19(11-29)33-34-21(24)25)16-4-3-14-7-17-13(12-31-32-17)9-22(14,10-16)20(36)18-8-15(5-6-30-18)23(26,27)28/h5-8,11-12,16,21,29,34H,2-4,9-10H2,1H3,(H,31,32)/b29-11?,33-19+/t16-,22-/m0/s1. The van der Waals surface area contributed by atoms with E-state index in [1.807, 2.05) is 0 Å². The number of nitrogens with one attached hydrogen (secondary N) is 3. The Labute approximate surface area is 219 Å². The Bertz CT molecular complexity index is 1440. The maximum Gasteiger partial charge on any atom is 0.416 e. The van der Waals surface area contributed by atoms with Crippen LogP contribution in [0.1, 0.15) is 53.5 Å². The van der Waals surface area contributed by atoms with E-state index in [4.69, 9.17) is 5.41 Å². The topological polar surface area (TPSA) is 144 Å². The molecule has 210 valence electrons. The molecule has 2 heterocycles. The lowest BCUT2D eigenvalue weighted by Gasteiger charge is -2.46. The summed E-state index contributed by atoms with van der Waals surface area (Å²) in [4.78, 5) is 17.9. The van der Waals surface area contributed by atoms with E-state index in [0.29, 0.717) is 29.1 Å². The van der Waals surface area contributed by atoms with Crippen molar-refractivity contribution in [2.75, 3.05) is 6.54 Å². The zero-order chi connectivity index (χ0) is 28.6. The number of hydrogen-bond donors (Lipinski definition) is 3. The average molecular weight is 574 g/mol. The molecule has 2 aliphatic carbocycles. The molecular formula is C23H24F5N7O3S. The van der Waals surface area contributed by atoms with E-state index in [9.17, 15) is 35.2 Å². The molecule has 0 saturated heterocycles. The summed E-state index contributed by atoms with van der Waals surface area (Å²) >= 11 is 0. The van der Waals surface area contributed by atoms with Crippen LogP contribution in [0.5, 0.6) is 0 Å². The number of hydrogen-bond acceptors (Lipinski definition) is 8. The smallest absolute Gasteiger partial charge is 0.306 e. The number of ketones is 1. The Hall–Kier alpha value is -3.53. The highest BCUT2D eigenvalue weighted by atomic mass is 32.2. The molecule has 0 amide bonds. The number of halogens is 5. The first kappa shape index (κ1) is 28.5. The molecule has 2 aromatic rings. The van der Waals surface area contributed by atoms with E-state index in [1.54, 1.807) is 6.08 Å². The number of pyridine rings is 1. The molecule has 0 bridgehead atoms. The molecule has 0 aliphatic heterocycles. The van der Waals surface area contributed by atoms with Crippen molar-refractivity contribution in [2.45, 2.75) is 51.4 Å². The zero-order valence-corrected chi connectivity index (χ0v) is 21.3. The minimum absolute atomic E-state index is 0.0357. The van der Waals surface area contributed by atoms with Gasteiger partial charge in [0.05, 0.1) is 29.1 Å². The molecule has 2 atom stereocenters. The number of allylic oxidation sites excluding steroid dienone is 1. The fourth-order valence-corrected chi connectivity index (χ4v) is 6.71. The van der Waals surface area contributed by atoms with Gasteiger partial charge in [0.2, 0.25) is 5.04 Å². The number of fused-ring (bicyclic) bond motifs is 2. The number of aromatic amines is 1. The van der Waals surface area contributed by atoms with Gasteiger partial charge in [0.1, 0.15) is 5.69 Å². The number of aromatic nitrogens is 3. The first-order valence-corrected chi connectivity index (χ1v) is 13.2. The number of hydrazone groups is 1. The van der Waals surface area contributed by atoms with Crippen LogP contribution in [-0.4, -0.2) is 64.1 Å². The Morgan fingerprint density at radius 1 is 1.41 bits per heavy atom. The lowest BCUT2D eigenvalue weighted by atomic mass is 9.60. The van der Waals surface area contributed by atoms with Crippen molar-refractivity contribution in [3.63, 3.8) is 0 Å². The molecule has 1 fully saturated rings. The first-order chi connectivity index (χ1) is 18.3. The molecule has 1 saturated carbocycles. The summed E-state index contributed by atoms with van der Waals surface area (Å²) in [6.07, 6.45) is 0.0550. The van der Waals surface area contributed by atoms with E-state index in [2.05, 4.69) is 20.3 Å². The number of Topliss-reactive ketones (excluding diaryl/α,β-unsaturated/α-hetero) is 1. The van der Waals surface area contributed by atoms with Crippen molar-refractivity contribution < 1.29 is 35.2 Å². The second kappa shape index (κ2) is 10.6. The molecule has 2 aromatic heterocycles.